The van der Waals surface area contributed by atoms with Gasteiger partial charge < -0.3 is 19.9 Å². The molecule has 26 heavy (non-hydrogen) atoms. The van der Waals surface area contributed by atoms with Crippen LogP contribution < -0.4 is 19.9 Å². The molecule has 0 aromatic heterocycles. The van der Waals surface area contributed by atoms with Gasteiger partial charge in [0.2, 0.25) is 0 Å². The molecule has 8 nitrogen and oxygen atoms in total. The lowest BCUT2D eigenvalue weighted by atomic mass is 10.1. The highest BCUT2D eigenvalue weighted by molar-refractivity contribution is 5.94. The maximum atomic E-state index is 12.3. The van der Waals surface area contributed by atoms with Crippen molar-refractivity contribution in [3.63, 3.8) is 0 Å². The van der Waals surface area contributed by atoms with Crippen molar-refractivity contribution in [1.82, 2.24) is 5.32 Å². The zero-order valence-corrected chi connectivity index (χ0v) is 13.4. The zero-order valence-electron chi connectivity index (χ0n) is 13.4. The third kappa shape index (κ3) is 4.56. The number of hydrogen-bond donors (Lipinski definition) is 1. The highest BCUT2D eigenvalue weighted by Crippen LogP contribution is 2.29. The molecule has 0 saturated heterocycles. The van der Waals surface area contributed by atoms with Crippen LogP contribution in [0.2, 0.25) is 0 Å². The topological polar surface area (TPSA) is 114 Å². The Morgan fingerprint density at radius 2 is 1.96 bits per heavy atom. The molecule has 2 aromatic carbocycles. The minimum atomic E-state index is -3.05. The number of benzene rings is 2. The van der Waals surface area contributed by atoms with Gasteiger partial charge in [-0.25, -0.2) is 0 Å². The summed E-state index contributed by atoms with van der Waals surface area (Å²) in [5, 5.41) is 24.9. The number of alkyl halides is 2. The Morgan fingerprint density at radius 1 is 1.23 bits per heavy atom. The maximum absolute atomic E-state index is 12.3. The molecule has 2 rings (SSSR count). The van der Waals surface area contributed by atoms with Crippen molar-refractivity contribution in [1.29, 1.82) is 0 Å². The Labute approximate surface area is 146 Å². The molecule has 138 valence electrons. The summed E-state index contributed by atoms with van der Waals surface area (Å²) in [4.78, 5) is 22.2. The predicted molar refractivity (Wildman–Crippen MR) is 83.3 cm³/mol. The van der Waals surface area contributed by atoms with Crippen LogP contribution in [0.15, 0.2) is 36.4 Å². The predicted octanol–water partition coefficient (Wildman–Crippen LogP) is 2.21. The van der Waals surface area contributed by atoms with E-state index < -0.39 is 23.2 Å². The number of nitrogens with one attached hydrogen (secondary N) is 1. The Bertz CT molecular complexity index is 828. The van der Waals surface area contributed by atoms with Crippen molar-refractivity contribution < 1.29 is 33.1 Å². The van der Waals surface area contributed by atoms with Gasteiger partial charge in [-0.1, -0.05) is 6.07 Å². The van der Waals surface area contributed by atoms with E-state index in [0.717, 1.165) is 24.3 Å². The molecule has 0 aliphatic carbocycles. The van der Waals surface area contributed by atoms with Crippen molar-refractivity contribution in [3.05, 3.63) is 57.6 Å². The molecule has 0 aliphatic heterocycles. The first kappa shape index (κ1) is 18.9. The summed E-state index contributed by atoms with van der Waals surface area (Å²) in [6.45, 7) is -3.29. The van der Waals surface area contributed by atoms with E-state index >= 15 is 0 Å². The minimum absolute atomic E-state index is 0.0390. The maximum Gasteiger partial charge on any atom is 0.387 e. The van der Waals surface area contributed by atoms with E-state index in [0.29, 0.717) is 0 Å². The first-order valence-corrected chi connectivity index (χ1v) is 7.17. The number of carbonyl (C=O) groups is 1. The Kier molecular flexibility index (Phi) is 5.89. The second kappa shape index (κ2) is 8.10. The van der Waals surface area contributed by atoms with Crippen LogP contribution in [0.25, 0.3) is 0 Å². The van der Waals surface area contributed by atoms with Crippen LogP contribution in [-0.2, 0) is 6.54 Å². The van der Waals surface area contributed by atoms with Gasteiger partial charge in [-0.05, 0) is 23.8 Å². The number of ether oxygens (including phenoxy) is 2. The van der Waals surface area contributed by atoms with Crippen LogP contribution in [0.4, 0.5) is 14.5 Å². The molecule has 0 aliphatic rings. The molecule has 0 unspecified atom stereocenters. The summed E-state index contributed by atoms with van der Waals surface area (Å²) in [5.41, 5.74) is -0.164. The smallest absolute Gasteiger partial charge is 0.387 e. The van der Waals surface area contributed by atoms with Gasteiger partial charge in [0.25, 0.3) is 11.6 Å². The van der Waals surface area contributed by atoms with Crippen molar-refractivity contribution in [3.8, 4) is 17.2 Å². The quantitative estimate of drug-likeness (QED) is 0.593. The van der Waals surface area contributed by atoms with Crippen LogP contribution in [0.1, 0.15) is 15.9 Å². The van der Waals surface area contributed by atoms with E-state index in [-0.39, 0.29) is 34.9 Å². The number of hydrogen-bond acceptors (Lipinski definition) is 6. The number of nitro benzene ring substituents is 1. The average Bonchev–Trinajstić information content (AvgIpc) is 2.60. The molecule has 0 fully saturated rings. The summed E-state index contributed by atoms with van der Waals surface area (Å²) in [5.74, 6) is -1.40. The number of non-ortho nitro benzene ring substituents is 1. The largest absolute Gasteiger partial charge is 0.872 e. The third-order valence-corrected chi connectivity index (χ3v) is 3.34. The Balaban J connectivity index is 2.13. The van der Waals surface area contributed by atoms with Crippen molar-refractivity contribution in [2.24, 2.45) is 0 Å². The molecule has 0 spiro atoms. The summed E-state index contributed by atoms with van der Waals surface area (Å²) >= 11 is 0. The van der Waals surface area contributed by atoms with E-state index in [1.165, 1.54) is 19.2 Å². The fourth-order valence-electron chi connectivity index (χ4n) is 2.10. The molecular weight excluding hydrogens is 354 g/mol. The van der Waals surface area contributed by atoms with Crippen molar-refractivity contribution in [2.75, 3.05) is 7.11 Å². The monoisotopic (exact) mass is 367 g/mol. The molecule has 1 amide bonds. The molecule has 0 bridgehead atoms. The number of halogens is 2. The number of nitro groups is 1. The second-order valence-electron chi connectivity index (χ2n) is 4.98. The van der Waals surface area contributed by atoms with Gasteiger partial charge in [0.15, 0.2) is 11.5 Å². The van der Waals surface area contributed by atoms with E-state index in [1.54, 1.807) is 0 Å². The van der Waals surface area contributed by atoms with Gasteiger partial charge >= 0.3 is 6.61 Å². The van der Waals surface area contributed by atoms with E-state index in [4.69, 9.17) is 4.74 Å². The highest BCUT2D eigenvalue weighted by atomic mass is 19.3. The Morgan fingerprint density at radius 3 is 2.58 bits per heavy atom. The Hall–Kier alpha value is -3.43. The fraction of sp³-hybridized carbons (Fsp3) is 0.188. The molecule has 0 radical (unpaired) electrons. The normalized spacial score (nSPS) is 10.5. The SMILES string of the molecule is COc1cc(C(=O)NCc2cc([N+](=O)[O-])ccc2[O-])ccc1OC(F)F. The van der Waals surface area contributed by atoms with Gasteiger partial charge in [0, 0.05) is 24.2 Å². The number of amides is 1. The number of carbonyl (C=O) groups excluding carboxylic acids is 1. The summed E-state index contributed by atoms with van der Waals surface area (Å²) in [6, 6.07) is 6.76. The molecule has 2 aromatic rings. The van der Waals surface area contributed by atoms with Crippen LogP contribution >= 0.6 is 0 Å². The summed E-state index contributed by atoms with van der Waals surface area (Å²) in [6.07, 6.45) is 0. The first-order valence-electron chi connectivity index (χ1n) is 7.17. The van der Waals surface area contributed by atoms with Gasteiger partial charge in [-0.15, -0.1) is 5.75 Å². The van der Waals surface area contributed by atoms with E-state index in [9.17, 15) is 28.8 Å². The van der Waals surface area contributed by atoms with Crippen LogP contribution in [0.3, 0.4) is 0 Å². The van der Waals surface area contributed by atoms with Crippen LogP contribution in [-0.4, -0.2) is 24.6 Å². The number of nitrogens with zero attached hydrogens (tertiary/aromatic N) is 1. The molecule has 1 N–H and O–H groups in total. The summed E-state index contributed by atoms with van der Waals surface area (Å²) < 4.78 is 33.7. The van der Waals surface area contributed by atoms with Crippen molar-refractivity contribution in [2.45, 2.75) is 13.2 Å². The van der Waals surface area contributed by atoms with Gasteiger partial charge in [0.1, 0.15) is 0 Å². The summed E-state index contributed by atoms with van der Waals surface area (Å²) in [7, 11) is 1.22. The number of rotatable bonds is 7. The van der Waals surface area contributed by atoms with Crippen LogP contribution in [0.5, 0.6) is 17.2 Å². The fourth-order valence-corrected chi connectivity index (χ4v) is 2.10. The minimum Gasteiger partial charge on any atom is -0.872 e. The molecule has 10 heteroatoms. The highest BCUT2D eigenvalue weighted by Gasteiger charge is 2.14. The molecular formula is C16H13F2N2O6-. The lowest BCUT2D eigenvalue weighted by Gasteiger charge is -2.14. The average molecular weight is 367 g/mol. The van der Waals surface area contributed by atoms with Crippen LogP contribution in [0, 0.1) is 10.1 Å². The van der Waals surface area contributed by atoms with Gasteiger partial charge in [-0.2, -0.15) is 8.78 Å². The molecule has 0 atom stereocenters. The number of methoxy groups -OCH3 is 1. The molecule has 0 heterocycles. The third-order valence-electron chi connectivity index (χ3n) is 3.34. The van der Waals surface area contributed by atoms with E-state index in [2.05, 4.69) is 10.1 Å². The first-order chi connectivity index (χ1) is 12.3. The van der Waals surface area contributed by atoms with Gasteiger partial charge in [0.05, 0.1) is 12.0 Å². The lowest BCUT2D eigenvalue weighted by Crippen LogP contribution is -2.23. The zero-order chi connectivity index (χ0) is 19.3. The van der Waals surface area contributed by atoms with E-state index in [1.807, 2.05) is 0 Å². The lowest BCUT2D eigenvalue weighted by molar-refractivity contribution is -0.385. The van der Waals surface area contributed by atoms with Gasteiger partial charge in [-0.3, -0.25) is 14.9 Å². The second-order valence-corrected chi connectivity index (χ2v) is 4.98. The standard InChI is InChI=1S/C16H14F2N2O6/c1-25-14-7-9(2-5-13(14)26-16(17)18)15(22)19-8-10-6-11(20(23)24)3-4-12(10)21/h2-7,16,21H,8H2,1H3,(H,19,22)/p-1. The molecule has 0 saturated carbocycles. The van der Waals surface area contributed by atoms with Crippen molar-refractivity contribution >= 4 is 11.6 Å².